The summed E-state index contributed by atoms with van der Waals surface area (Å²) in [6.07, 6.45) is 1.43. The Balaban J connectivity index is 1.43. The molecule has 0 bridgehead atoms. The summed E-state index contributed by atoms with van der Waals surface area (Å²) in [5.41, 5.74) is 3.58. The maximum absolute atomic E-state index is 12.4. The number of hydrogen-bond donors (Lipinski definition) is 1. The van der Waals surface area contributed by atoms with Crippen LogP contribution in [0, 0.1) is 0 Å². The lowest BCUT2D eigenvalue weighted by atomic mass is 10.1. The number of esters is 1. The van der Waals surface area contributed by atoms with Crippen LogP contribution in [0.3, 0.4) is 0 Å². The van der Waals surface area contributed by atoms with Crippen LogP contribution in [0.15, 0.2) is 83.3 Å². The fourth-order valence-corrected chi connectivity index (χ4v) is 3.63. The highest BCUT2D eigenvalue weighted by Gasteiger charge is 2.17. The van der Waals surface area contributed by atoms with Crippen LogP contribution in [0.4, 0.5) is 5.69 Å². The molecule has 6 nitrogen and oxygen atoms in total. The van der Waals surface area contributed by atoms with Crippen molar-refractivity contribution in [2.24, 2.45) is 0 Å². The van der Waals surface area contributed by atoms with Crippen LogP contribution >= 0.6 is 11.6 Å². The number of carbonyl (C=O) groups excluding carboxylic acids is 2. The van der Waals surface area contributed by atoms with Gasteiger partial charge in [0.1, 0.15) is 11.5 Å². The lowest BCUT2D eigenvalue weighted by Crippen LogP contribution is -2.11. The Morgan fingerprint density at radius 3 is 2.32 bits per heavy atom. The summed E-state index contributed by atoms with van der Waals surface area (Å²) in [6.45, 7) is 0. The van der Waals surface area contributed by atoms with E-state index >= 15 is 0 Å². The summed E-state index contributed by atoms with van der Waals surface area (Å²) in [4.78, 5) is 28.7. The van der Waals surface area contributed by atoms with Gasteiger partial charge in [0, 0.05) is 34.7 Å². The molecule has 0 spiro atoms. The molecule has 0 aliphatic heterocycles. The lowest BCUT2D eigenvalue weighted by molar-refractivity contribution is -0.116. The Bertz CT molecular complexity index is 1270. The number of nitrogens with zero attached hydrogens (tertiary/aromatic N) is 1. The molecule has 1 amide bonds. The van der Waals surface area contributed by atoms with Gasteiger partial charge in [0.2, 0.25) is 11.8 Å². The molecular formula is C27H23ClN2O4. The molecule has 34 heavy (non-hydrogen) atoms. The van der Waals surface area contributed by atoms with Crippen molar-refractivity contribution >= 4 is 29.2 Å². The number of halogens is 1. The van der Waals surface area contributed by atoms with Gasteiger partial charge in [-0.05, 0) is 55.0 Å². The molecule has 4 aromatic rings. The molecule has 0 saturated carbocycles. The Hall–Kier alpha value is -3.90. The molecule has 1 heterocycles. The Labute approximate surface area is 202 Å². The molecular weight excluding hydrogens is 452 g/mol. The molecule has 4 rings (SSSR count). The zero-order valence-electron chi connectivity index (χ0n) is 18.6. The van der Waals surface area contributed by atoms with Crippen LogP contribution in [0.25, 0.3) is 22.7 Å². The summed E-state index contributed by atoms with van der Waals surface area (Å²) < 4.78 is 10.8. The van der Waals surface area contributed by atoms with Gasteiger partial charge in [-0.15, -0.1) is 0 Å². The molecule has 0 radical (unpaired) electrons. The molecule has 1 aromatic heterocycles. The monoisotopic (exact) mass is 474 g/mol. The number of anilines is 1. The summed E-state index contributed by atoms with van der Waals surface area (Å²) in [5, 5.41) is 3.49. The van der Waals surface area contributed by atoms with Crippen molar-refractivity contribution < 1.29 is 18.7 Å². The topological polar surface area (TPSA) is 81.4 Å². The Kier molecular flexibility index (Phi) is 7.40. The van der Waals surface area contributed by atoms with E-state index in [2.05, 4.69) is 10.1 Å². The summed E-state index contributed by atoms with van der Waals surface area (Å²) >= 11 is 6.05. The second-order valence-corrected chi connectivity index (χ2v) is 8.07. The second kappa shape index (κ2) is 10.8. The standard InChI is InChI=1S/C27H23ClN2O4/c1-33-27(32)20-12-16-22(17-13-20)29-24(31)9-5-8-23-25(18-10-14-21(28)15-11-18)30-26(34-23)19-6-3-2-4-7-19/h2-4,6-7,10-17H,5,8-9H2,1H3,(H,29,31). The highest BCUT2D eigenvalue weighted by atomic mass is 35.5. The van der Waals surface area contributed by atoms with Crippen LogP contribution < -0.4 is 5.32 Å². The minimum absolute atomic E-state index is 0.123. The number of carbonyl (C=O) groups is 2. The predicted octanol–water partition coefficient (Wildman–Crippen LogP) is 6.41. The third kappa shape index (κ3) is 5.71. The van der Waals surface area contributed by atoms with Crippen molar-refractivity contribution in [2.45, 2.75) is 19.3 Å². The molecule has 172 valence electrons. The minimum atomic E-state index is -0.420. The number of benzene rings is 3. The highest BCUT2D eigenvalue weighted by molar-refractivity contribution is 6.30. The number of hydrogen-bond acceptors (Lipinski definition) is 5. The summed E-state index contributed by atoms with van der Waals surface area (Å²) in [7, 11) is 1.33. The highest BCUT2D eigenvalue weighted by Crippen LogP contribution is 2.31. The molecule has 1 N–H and O–H groups in total. The van der Waals surface area contributed by atoms with E-state index in [-0.39, 0.29) is 5.91 Å². The van der Waals surface area contributed by atoms with Gasteiger partial charge in [0.25, 0.3) is 0 Å². The van der Waals surface area contributed by atoms with Crippen molar-refractivity contribution in [3.05, 3.63) is 95.2 Å². The largest absolute Gasteiger partial charge is 0.465 e. The van der Waals surface area contributed by atoms with E-state index in [0.29, 0.717) is 41.4 Å². The van der Waals surface area contributed by atoms with E-state index in [0.717, 1.165) is 22.6 Å². The van der Waals surface area contributed by atoms with Gasteiger partial charge < -0.3 is 14.5 Å². The number of ether oxygens (including phenoxy) is 1. The molecule has 3 aromatic carbocycles. The van der Waals surface area contributed by atoms with Gasteiger partial charge in [-0.1, -0.05) is 41.9 Å². The maximum Gasteiger partial charge on any atom is 0.337 e. The zero-order chi connectivity index (χ0) is 23.9. The van der Waals surface area contributed by atoms with Gasteiger partial charge in [0.05, 0.1) is 12.7 Å². The molecule has 0 aliphatic carbocycles. The van der Waals surface area contributed by atoms with Crippen LogP contribution in [0.1, 0.15) is 29.0 Å². The average molecular weight is 475 g/mol. The Morgan fingerprint density at radius 1 is 0.941 bits per heavy atom. The smallest absolute Gasteiger partial charge is 0.337 e. The van der Waals surface area contributed by atoms with E-state index in [1.807, 2.05) is 54.6 Å². The van der Waals surface area contributed by atoms with E-state index in [1.165, 1.54) is 7.11 Å². The van der Waals surface area contributed by atoms with Crippen LogP contribution in [0.5, 0.6) is 0 Å². The van der Waals surface area contributed by atoms with Gasteiger partial charge in [0.15, 0.2) is 0 Å². The number of amides is 1. The first-order valence-electron chi connectivity index (χ1n) is 10.8. The predicted molar refractivity (Wildman–Crippen MR) is 132 cm³/mol. The van der Waals surface area contributed by atoms with Crippen molar-refractivity contribution in [1.82, 2.24) is 4.98 Å². The van der Waals surface area contributed by atoms with Crippen molar-refractivity contribution in [2.75, 3.05) is 12.4 Å². The molecule has 0 saturated heterocycles. The first kappa shape index (κ1) is 23.3. The number of methoxy groups -OCH3 is 1. The fourth-order valence-electron chi connectivity index (χ4n) is 3.50. The van der Waals surface area contributed by atoms with E-state index in [9.17, 15) is 9.59 Å². The van der Waals surface area contributed by atoms with Crippen molar-refractivity contribution in [1.29, 1.82) is 0 Å². The van der Waals surface area contributed by atoms with Crippen molar-refractivity contribution in [3.8, 4) is 22.7 Å². The third-order valence-electron chi connectivity index (χ3n) is 5.23. The van der Waals surface area contributed by atoms with Crippen LogP contribution in [-0.2, 0) is 16.0 Å². The number of nitrogens with one attached hydrogen (secondary N) is 1. The third-order valence-corrected chi connectivity index (χ3v) is 5.49. The van der Waals surface area contributed by atoms with E-state index in [4.69, 9.17) is 21.0 Å². The second-order valence-electron chi connectivity index (χ2n) is 7.63. The lowest BCUT2D eigenvalue weighted by Gasteiger charge is -2.06. The SMILES string of the molecule is COC(=O)c1ccc(NC(=O)CCCc2oc(-c3ccccc3)nc2-c2ccc(Cl)cc2)cc1. The first-order chi connectivity index (χ1) is 16.5. The fraction of sp³-hybridized carbons (Fsp3) is 0.148. The van der Waals surface area contributed by atoms with Crippen LogP contribution in [-0.4, -0.2) is 24.0 Å². The number of rotatable bonds is 8. The Morgan fingerprint density at radius 2 is 1.65 bits per heavy atom. The summed E-state index contributed by atoms with van der Waals surface area (Å²) in [5.74, 6) is 0.713. The zero-order valence-corrected chi connectivity index (χ0v) is 19.3. The normalized spacial score (nSPS) is 10.6. The molecule has 0 unspecified atom stereocenters. The van der Waals surface area contributed by atoms with E-state index < -0.39 is 5.97 Å². The molecule has 0 atom stereocenters. The van der Waals surface area contributed by atoms with Gasteiger partial charge in [-0.25, -0.2) is 9.78 Å². The maximum atomic E-state index is 12.4. The quantitative estimate of drug-likeness (QED) is 0.298. The number of oxazole rings is 1. The average Bonchev–Trinajstić information content (AvgIpc) is 3.29. The van der Waals surface area contributed by atoms with Gasteiger partial charge in [-0.3, -0.25) is 4.79 Å². The molecule has 7 heteroatoms. The van der Waals surface area contributed by atoms with Crippen molar-refractivity contribution in [3.63, 3.8) is 0 Å². The summed E-state index contributed by atoms with van der Waals surface area (Å²) in [6, 6.07) is 23.7. The van der Waals surface area contributed by atoms with Gasteiger partial charge in [-0.2, -0.15) is 0 Å². The van der Waals surface area contributed by atoms with Gasteiger partial charge >= 0.3 is 5.97 Å². The van der Waals surface area contributed by atoms with Crippen LogP contribution in [0.2, 0.25) is 5.02 Å². The number of aromatic nitrogens is 1. The molecule has 0 fully saturated rings. The number of aryl methyl sites for hydroxylation is 1. The first-order valence-corrected chi connectivity index (χ1v) is 11.2. The minimum Gasteiger partial charge on any atom is -0.465 e. The van der Waals surface area contributed by atoms with E-state index in [1.54, 1.807) is 24.3 Å². The molecule has 0 aliphatic rings.